The number of methoxy groups -OCH3 is 1. The molecule has 254 valence electrons. The van der Waals surface area contributed by atoms with Crippen molar-refractivity contribution in [2.75, 3.05) is 61.1 Å². The van der Waals surface area contributed by atoms with Gasteiger partial charge in [-0.05, 0) is 71.5 Å². The topological polar surface area (TPSA) is 84.7 Å². The SMILES string of the molecule is CO[C@]1(C)C[C@@H](C)CN(C)[C@H](C2CN(Cc3cn(C)cn3)C2)COCC(C)(C)C[C@@H](C)[C@H]1O[C@@H]1O[C@H](C)C[C@H](N(C)C)[C@H]1O. The number of hydrogen-bond donors (Lipinski definition) is 1. The van der Waals surface area contributed by atoms with Gasteiger partial charge in [0.1, 0.15) is 6.10 Å². The summed E-state index contributed by atoms with van der Waals surface area (Å²) in [7, 11) is 10.1. The summed E-state index contributed by atoms with van der Waals surface area (Å²) in [5, 5.41) is 11.4. The summed E-state index contributed by atoms with van der Waals surface area (Å²) in [6.45, 7) is 18.8. The lowest BCUT2D eigenvalue weighted by molar-refractivity contribution is -0.298. The third kappa shape index (κ3) is 8.82. The summed E-state index contributed by atoms with van der Waals surface area (Å²) < 4.78 is 28.1. The standard InChI is InChI=1S/C34H63N5O5/c1-23-13-34(6,41-11)31(44-32-30(40)28(36(7)8)12-25(3)43-32)24(2)14-33(4,5)21-42-20-29(38(10)15-23)26-16-39(17-26)19-27-18-37(9)22-35-27/h18,22-26,28-32,40H,12-17,19-21H2,1-11H3/t23-,24-,25-,28+,29+,30-,31-,32+,34-/m1/s1. The Kier molecular flexibility index (Phi) is 12.0. The Morgan fingerprint density at radius 1 is 1.09 bits per heavy atom. The van der Waals surface area contributed by atoms with Crippen LogP contribution in [0.5, 0.6) is 0 Å². The lowest BCUT2D eigenvalue weighted by Crippen LogP contribution is -2.58. The first kappa shape index (κ1) is 35.7. The monoisotopic (exact) mass is 621 g/mol. The highest BCUT2D eigenvalue weighted by atomic mass is 16.7. The van der Waals surface area contributed by atoms with E-state index in [4.69, 9.17) is 18.9 Å². The van der Waals surface area contributed by atoms with Crippen molar-refractivity contribution in [1.82, 2.24) is 24.3 Å². The minimum absolute atomic E-state index is 0.00426. The summed E-state index contributed by atoms with van der Waals surface area (Å²) in [5.41, 5.74) is 0.505. The van der Waals surface area contributed by atoms with Gasteiger partial charge in [0.25, 0.3) is 0 Å². The van der Waals surface area contributed by atoms with E-state index in [2.05, 4.69) is 74.5 Å². The van der Waals surface area contributed by atoms with Crippen LogP contribution in [0.4, 0.5) is 0 Å². The number of rotatable bonds is 7. The van der Waals surface area contributed by atoms with Gasteiger partial charge in [0.2, 0.25) is 0 Å². The van der Waals surface area contributed by atoms with Gasteiger partial charge in [0, 0.05) is 64.5 Å². The molecule has 3 saturated heterocycles. The third-order valence-electron chi connectivity index (χ3n) is 10.4. The minimum atomic E-state index is -0.737. The first-order chi connectivity index (χ1) is 20.6. The van der Waals surface area contributed by atoms with Gasteiger partial charge in [0.05, 0.1) is 43.0 Å². The normalized spacial score (nSPS) is 38.9. The fourth-order valence-corrected chi connectivity index (χ4v) is 8.26. The van der Waals surface area contributed by atoms with Crippen LogP contribution in [-0.4, -0.2) is 133 Å². The summed E-state index contributed by atoms with van der Waals surface area (Å²) >= 11 is 0. The number of hydrogen-bond acceptors (Lipinski definition) is 9. The molecule has 3 fully saturated rings. The fourth-order valence-electron chi connectivity index (χ4n) is 8.26. The van der Waals surface area contributed by atoms with Crippen molar-refractivity contribution in [3.05, 3.63) is 18.2 Å². The van der Waals surface area contributed by atoms with Crippen LogP contribution in [0.3, 0.4) is 0 Å². The highest BCUT2D eigenvalue weighted by Crippen LogP contribution is 2.39. The second kappa shape index (κ2) is 14.8. The maximum absolute atomic E-state index is 11.4. The van der Waals surface area contributed by atoms with E-state index in [9.17, 15) is 5.11 Å². The maximum Gasteiger partial charge on any atom is 0.185 e. The second-order valence-electron chi connectivity index (χ2n) is 15.8. The van der Waals surface area contributed by atoms with Crippen molar-refractivity contribution in [3.8, 4) is 0 Å². The molecule has 3 aliphatic heterocycles. The Morgan fingerprint density at radius 3 is 2.41 bits per heavy atom. The molecular weight excluding hydrogens is 558 g/mol. The molecule has 0 bridgehead atoms. The molecule has 3 aliphatic rings. The van der Waals surface area contributed by atoms with E-state index < -0.39 is 18.0 Å². The highest BCUT2D eigenvalue weighted by molar-refractivity contribution is 5.00. The molecule has 0 aliphatic carbocycles. The number of likely N-dealkylation sites (N-methyl/N-ethyl adjacent to an activating group) is 2. The fraction of sp³-hybridized carbons (Fsp3) is 0.912. The number of likely N-dealkylation sites (tertiary alicyclic amines) is 1. The number of aryl methyl sites for hydroxylation is 1. The molecule has 10 heteroatoms. The molecule has 10 nitrogen and oxygen atoms in total. The Morgan fingerprint density at radius 2 is 1.80 bits per heavy atom. The van der Waals surface area contributed by atoms with E-state index in [1.54, 1.807) is 0 Å². The molecule has 44 heavy (non-hydrogen) atoms. The number of ether oxygens (including phenoxy) is 4. The molecule has 4 rings (SSSR count). The van der Waals surface area contributed by atoms with Crippen molar-refractivity contribution in [2.45, 2.75) is 110 Å². The molecule has 1 N–H and O–H groups in total. The van der Waals surface area contributed by atoms with E-state index in [0.717, 1.165) is 57.7 Å². The van der Waals surface area contributed by atoms with Crippen molar-refractivity contribution in [1.29, 1.82) is 0 Å². The van der Waals surface area contributed by atoms with E-state index in [0.29, 0.717) is 24.5 Å². The first-order valence-corrected chi connectivity index (χ1v) is 16.8. The summed E-state index contributed by atoms with van der Waals surface area (Å²) in [5.74, 6) is 1.07. The lowest BCUT2D eigenvalue weighted by Gasteiger charge is -2.48. The first-order valence-electron chi connectivity index (χ1n) is 16.8. The molecule has 0 radical (unpaired) electrons. The van der Waals surface area contributed by atoms with Gasteiger partial charge in [-0.25, -0.2) is 4.98 Å². The number of aromatic nitrogens is 2. The van der Waals surface area contributed by atoms with Gasteiger partial charge >= 0.3 is 0 Å². The smallest absolute Gasteiger partial charge is 0.185 e. The van der Waals surface area contributed by atoms with Gasteiger partial charge in [-0.2, -0.15) is 0 Å². The average molecular weight is 622 g/mol. The molecule has 0 unspecified atom stereocenters. The Hall–Kier alpha value is -1.11. The molecular formula is C34H63N5O5. The molecule has 0 spiro atoms. The van der Waals surface area contributed by atoms with Crippen LogP contribution in [-0.2, 0) is 32.5 Å². The van der Waals surface area contributed by atoms with Crippen molar-refractivity contribution in [3.63, 3.8) is 0 Å². The van der Waals surface area contributed by atoms with Crippen molar-refractivity contribution >= 4 is 0 Å². The second-order valence-corrected chi connectivity index (χ2v) is 15.8. The van der Waals surface area contributed by atoms with Crippen LogP contribution < -0.4 is 0 Å². The molecule has 0 aromatic carbocycles. The largest absolute Gasteiger partial charge is 0.386 e. The molecule has 4 heterocycles. The van der Waals surface area contributed by atoms with Crippen LogP contribution >= 0.6 is 0 Å². The van der Waals surface area contributed by atoms with Crippen LogP contribution in [0.15, 0.2) is 12.5 Å². The van der Waals surface area contributed by atoms with Gasteiger partial charge in [0.15, 0.2) is 6.29 Å². The van der Waals surface area contributed by atoms with Crippen LogP contribution in [0.2, 0.25) is 0 Å². The zero-order chi connectivity index (χ0) is 32.4. The third-order valence-corrected chi connectivity index (χ3v) is 10.4. The molecule has 1 aromatic heterocycles. The average Bonchev–Trinajstić information content (AvgIpc) is 3.32. The van der Waals surface area contributed by atoms with Gasteiger partial charge in [-0.15, -0.1) is 0 Å². The molecule has 0 saturated carbocycles. The number of aliphatic hydroxyl groups excluding tert-OH is 1. The molecule has 1 aromatic rings. The van der Waals surface area contributed by atoms with E-state index in [1.165, 1.54) is 0 Å². The quantitative estimate of drug-likeness (QED) is 0.492. The van der Waals surface area contributed by atoms with Gasteiger partial charge in [-0.3, -0.25) is 4.90 Å². The lowest BCUT2D eigenvalue weighted by atomic mass is 9.75. The summed E-state index contributed by atoms with van der Waals surface area (Å²) in [4.78, 5) is 11.6. The Bertz CT molecular complexity index is 1030. The Labute approximate surface area is 267 Å². The summed E-state index contributed by atoms with van der Waals surface area (Å²) in [6, 6.07) is 0.325. The van der Waals surface area contributed by atoms with E-state index in [1.807, 2.05) is 39.1 Å². The van der Waals surface area contributed by atoms with Crippen LogP contribution in [0.1, 0.15) is 66.5 Å². The van der Waals surface area contributed by atoms with Crippen LogP contribution in [0, 0.1) is 23.2 Å². The zero-order valence-corrected chi connectivity index (χ0v) is 29.5. The highest BCUT2D eigenvalue weighted by Gasteiger charge is 2.47. The Balaban J connectivity index is 1.51. The molecule has 0 amide bonds. The van der Waals surface area contributed by atoms with Crippen LogP contribution in [0.25, 0.3) is 0 Å². The predicted octanol–water partition coefficient (Wildman–Crippen LogP) is 3.48. The molecule has 9 atom stereocenters. The predicted molar refractivity (Wildman–Crippen MR) is 173 cm³/mol. The number of imidazole rings is 1. The summed E-state index contributed by atoms with van der Waals surface area (Å²) in [6.07, 6.45) is 4.78. The minimum Gasteiger partial charge on any atom is -0.386 e. The maximum atomic E-state index is 11.4. The zero-order valence-electron chi connectivity index (χ0n) is 29.5. The number of aliphatic hydroxyl groups is 1. The van der Waals surface area contributed by atoms with Gasteiger partial charge < -0.3 is 38.4 Å². The van der Waals surface area contributed by atoms with Crippen molar-refractivity contribution < 1.29 is 24.1 Å². The number of nitrogens with zero attached hydrogens (tertiary/aromatic N) is 5. The van der Waals surface area contributed by atoms with Crippen molar-refractivity contribution in [2.24, 2.45) is 30.2 Å². The van der Waals surface area contributed by atoms with Gasteiger partial charge in [-0.1, -0.05) is 27.7 Å². The van der Waals surface area contributed by atoms with E-state index >= 15 is 0 Å². The van der Waals surface area contributed by atoms with E-state index in [-0.39, 0.29) is 29.6 Å².